The van der Waals surface area contributed by atoms with Crippen LogP contribution in [0, 0.1) is 0 Å². The lowest BCUT2D eigenvalue weighted by Crippen LogP contribution is -2.65. The van der Waals surface area contributed by atoms with Crippen LogP contribution >= 0.6 is 0 Å². The summed E-state index contributed by atoms with van der Waals surface area (Å²) in [5.74, 6) is 0. The molecule has 0 fully saturated rings. The maximum atomic E-state index is 10.2. The average molecular weight is 1590 g/mol. The predicted octanol–water partition coefficient (Wildman–Crippen LogP) is 26.4. The Bertz CT molecular complexity index is 8500. The van der Waals surface area contributed by atoms with E-state index in [4.69, 9.17) is 4.11 Å². The summed E-state index contributed by atoms with van der Waals surface area (Å²) in [4.78, 5) is 9.51. The Morgan fingerprint density at radius 3 is 1.30 bits per heavy atom. The molecule has 19 aromatic carbocycles. The minimum absolute atomic E-state index is 0.0195. The molecule has 0 bridgehead atoms. The summed E-state index contributed by atoms with van der Waals surface area (Å²) < 4.78 is 125. The van der Waals surface area contributed by atoms with Gasteiger partial charge in [-0.3, -0.25) is 0 Å². The fourth-order valence-corrected chi connectivity index (χ4v) is 21.9. The molecule has 26 rings (SSSR count). The number of fused-ring (bicyclic) bond motifs is 23. The molecule has 0 saturated heterocycles. The highest BCUT2D eigenvalue weighted by Gasteiger charge is 2.54. The van der Waals surface area contributed by atoms with Crippen LogP contribution in [-0.2, 0) is 10.8 Å². The van der Waals surface area contributed by atoms with Crippen molar-refractivity contribution < 1.29 is 17.8 Å². The molecule has 6 aliphatic rings. The van der Waals surface area contributed by atoms with E-state index in [1.807, 2.05) is 42.5 Å². The van der Waals surface area contributed by atoms with Crippen LogP contribution in [0.4, 0.5) is 68.2 Å². The number of nitrogens with zero attached hydrogens (tertiary/aromatic N) is 5. The number of rotatable bonds is 9. The monoisotopic (exact) mass is 1590 g/mol. The van der Waals surface area contributed by atoms with Crippen LogP contribution in [-0.4, -0.2) is 18.0 Å². The van der Waals surface area contributed by atoms with Gasteiger partial charge in [-0.25, -0.2) is 0 Å². The number of hydrogen-bond donors (Lipinski definition) is 0. The zero-order valence-corrected chi connectivity index (χ0v) is 67.8. The van der Waals surface area contributed by atoms with E-state index in [0.29, 0.717) is 28.3 Å². The molecule has 2 aliphatic carbocycles. The lowest BCUT2D eigenvalue weighted by molar-refractivity contribution is 0.591. The number of para-hydroxylation sites is 6. The van der Waals surface area contributed by atoms with E-state index in [1.54, 1.807) is 16.7 Å². The van der Waals surface area contributed by atoms with Crippen molar-refractivity contribution in [1.82, 2.24) is 4.57 Å². The maximum absolute atomic E-state index is 10.2. The molecule has 20 aromatic rings. The number of benzene rings is 19. The highest BCUT2D eigenvalue weighted by atomic mass is 15.2. The summed E-state index contributed by atoms with van der Waals surface area (Å²) in [5.41, 5.74) is 32.0. The lowest BCUT2D eigenvalue weighted by Gasteiger charge is -2.48. The van der Waals surface area contributed by atoms with E-state index in [1.165, 1.54) is 44.5 Å². The van der Waals surface area contributed by atoms with Gasteiger partial charge in [0.2, 0.25) is 0 Å². The normalized spacial score (nSPS) is 15.2. The molecule has 7 heteroatoms. The molecule has 0 unspecified atom stereocenters. The van der Waals surface area contributed by atoms with Crippen molar-refractivity contribution in [2.75, 3.05) is 19.6 Å². The first kappa shape index (κ1) is 58.5. The van der Waals surface area contributed by atoms with Crippen molar-refractivity contribution in [1.29, 1.82) is 0 Å². The van der Waals surface area contributed by atoms with E-state index < -0.39 is 85.3 Å². The van der Waals surface area contributed by atoms with Crippen molar-refractivity contribution >= 4 is 147 Å². The molecule has 124 heavy (non-hydrogen) atoms. The van der Waals surface area contributed by atoms with Crippen molar-refractivity contribution in [3.63, 3.8) is 0 Å². The number of anilines is 12. The summed E-state index contributed by atoms with van der Waals surface area (Å²) in [6.45, 7) is 5.55. The van der Waals surface area contributed by atoms with Crippen LogP contribution in [0.1, 0.15) is 66.4 Å². The first-order chi connectivity index (χ1) is 66.6. The van der Waals surface area contributed by atoms with Gasteiger partial charge in [0.05, 0.1) is 51.3 Å². The molecule has 5 nitrogen and oxygen atoms in total. The lowest BCUT2D eigenvalue weighted by atomic mass is 9.30. The molecule has 578 valence electrons. The van der Waals surface area contributed by atoms with Crippen LogP contribution in [0.5, 0.6) is 0 Å². The van der Waals surface area contributed by atoms with Crippen LogP contribution in [0.25, 0.3) is 105 Å². The SMILES string of the molecule is [2H]c1c([2H])c([2H])c(-c2ccc(N3c4cc5c(cc4B4c6ccccc6N(c6c(-c7ccccc7)cc(C(C)(C)C)cc6-c6ccccc6)c6cc(-n7c8c([2H])c([2H])c([2H])c([2H])c8c8c([2H])c([2H])c([2H])c([2H])c87)cc3c64)B3c4ccccc4N(c4ccccc4)c4c3c(cc3cc(-c6cccc7c6C6(c8ccccc8-c8ccccc86)c6ccccc6-7)ccc43)N5c3ccccc3)cc2)c([2H])c1[2H]. The van der Waals surface area contributed by atoms with Crippen molar-refractivity contribution in [3.8, 4) is 72.4 Å². The predicted molar refractivity (Wildman–Crippen MR) is 523 cm³/mol. The Hall–Kier alpha value is -15.4. The van der Waals surface area contributed by atoms with Crippen molar-refractivity contribution in [2.24, 2.45) is 0 Å². The van der Waals surface area contributed by atoms with Gasteiger partial charge in [0.25, 0.3) is 13.4 Å². The third-order valence-corrected chi connectivity index (χ3v) is 27.0. The number of hydrogen-bond acceptors (Lipinski definition) is 4. The molecular formula is C117H79B2N5. The van der Waals surface area contributed by atoms with Gasteiger partial charge in [-0.2, -0.15) is 0 Å². The van der Waals surface area contributed by atoms with Crippen molar-refractivity contribution in [2.45, 2.75) is 31.6 Å². The minimum Gasteiger partial charge on any atom is -0.311 e. The summed E-state index contributed by atoms with van der Waals surface area (Å²) in [6, 6.07) is 117. The Balaban J connectivity index is 0.804. The third-order valence-electron chi connectivity index (χ3n) is 27.0. The zero-order valence-electron chi connectivity index (χ0n) is 80.8. The summed E-state index contributed by atoms with van der Waals surface area (Å²) in [5, 5.41) is 1.90. The molecule has 0 radical (unpaired) electrons. The molecule has 1 aromatic heterocycles. The van der Waals surface area contributed by atoms with Gasteiger partial charge < -0.3 is 24.2 Å². The van der Waals surface area contributed by atoms with Gasteiger partial charge in [0.15, 0.2) is 0 Å². The Labute approximate surface area is 741 Å². The molecule has 0 N–H and O–H groups in total. The first-order valence-corrected chi connectivity index (χ1v) is 42.5. The van der Waals surface area contributed by atoms with Gasteiger partial charge in [0, 0.05) is 84.2 Å². The summed E-state index contributed by atoms with van der Waals surface area (Å²) >= 11 is 0. The van der Waals surface area contributed by atoms with Crippen LogP contribution in [0.3, 0.4) is 0 Å². The maximum Gasteiger partial charge on any atom is 0.252 e. The molecule has 0 atom stereocenters. The van der Waals surface area contributed by atoms with Gasteiger partial charge in [0.1, 0.15) is 0 Å². The van der Waals surface area contributed by atoms with Gasteiger partial charge in [-0.05, 0) is 230 Å². The second-order valence-electron chi connectivity index (χ2n) is 34.3. The second-order valence-corrected chi connectivity index (χ2v) is 34.3. The summed E-state index contributed by atoms with van der Waals surface area (Å²) in [7, 11) is 0. The van der Waals surface area contributed by atoms with Crippen LogP contribution < -0.4 is 52.4 Å². The Kier molecular flexibility index (Phi) is 12.6. The Morgan fingerprint density at radius 1 is 0.266 bits per heavy atom. The fraction of sp³-hybridized carbons (Fsp3) is 0.0427. The molecular weight excluding hydrogens is 1500 g/mol. The molecule has 0 saturated carbocycles. The average Bonchev–Trinajstić information content (AvgIpc) is 1.48. The number of aromatic nitrogens is 1. The van der Waals surface area contributed by atoms with Gasteiger partial charge in [-0.1, -0.05) is 342 Å². The van der Waals surface area contributed by atoms with E-state index in [9.17, 15) is 13.7 Å². The van der Waals surface area contributed by atoms with E-state index >= 15 is 0 Å². The molecule has 4 aliphatic heterocycles. The highest BCUT2D eigenvalue weighted by Crippen LogP contribution is 2.65. The summed E-state index contributed by atoms with van der Waals surface area (Å²) in [6.07, 6.45) is 0. The largest absolute Gasteiger partial charge is 0.311 e. The fourth-order valence-electron chi connectivity index (χ4n) is 21.9. The van der Waals surface area contributed by atoms with E-state index in [0.717, 1.165) is 134 Å². The van der Waals surface area contributed by atoms with Crippen LogP contribution in [0.2, 0.25) is 0 Å². The molecule has 5 heterocycles. The molecule has 1 spiro atoms. The van der Waals surface area contributed by atoms with Gasteiger partial charge >= 0.3 is 0 Å². The quantitative estimate of drug-likeness (QED) is 0.134. The zero-order chi connectivity index (χ0) is 93.1. The van der Waals surface area contributed by atoms with Crippen LogP contribution in [0.15, 0.2) is 424 Å². The second kappa shape index (κ2) is 26.8. The minimum atomic E-state index is -0.663. The standard InChI is InChI=1S/C117H79B2N5/c1-116(2,3)80-68-93(76-36-11-5-12-37-76)114(94(69-80)77-38-13-6-14-39-77)124-105-59-32-28-55-99(105)118-100-72-101-107(73-106(100)121(83-63-60-75(61-64-83)74-34-9-4-10-35-74)109-70-84(71-110(124)112(109)118)122-102-56-29-22-47-90(102)91-48-23-30-57-103(91)122)120(81-40-15-7-16-41-81)108-67-79-66-78(62-65-86(79)115-113(108)119(101)98-54-27-31-58-104(98)123(115)82-42-17-8-18-43-82)85-49-33-50-92-89-46-21-26-53-97(89)117(111(85)92)95-51-24-19-44-87(95)88-45-20-25-52-96(88)117/h4-73H,1-3H3/i4D,9D,10D,22D,23D,29D,30D,34D,35D,47D,48D,56D,57D. The highest BCUT2D eigenvalue weighted by molar-refractivity contribution is 7.03. The van der Waals surface area contributed by atoms with Crippen molar-refractivity contribution in [3.05, 3.63) is 452 Å². The first-order valence-electron chi connectivity index (χ1n) is 49.0. The smallest absolute Gasteiger partial charge is 0.252 e. The van der Waals surface area contributed by atoms with E-state index in [-0.39, 0.29) is 44.9 Å². The van der Waals surface area contributed by atoms with Gasteiger partial charge in [-0.15, -0.1) is 0 Å². The van der Waals surface area contributed by atoms with E-state index in [2.05, 4.69) is 332 Å². The third kappa shape index (κ3) is 10.0. The molecule has 0 amide bonds. The topological polar surface area (TPSA) is 17.9 Å². The Morgan fingerprint density at radius 2 is 0.718 bits per heavy atom.